The van der Waals surface area contributed by atoms with Crippen LogP contribution >= 0.6 is 11.6 Å². The summed E-state index contributed by atoms with van der Waals surface area (Å²) in [5.74, 6) is 2.03. The zero-order chi connectivity index (χ0) is 18.1. The lowest BCUT2D eigenvalue weighted by Crippen LogP contribution is -2.39. The van der Waals surface area contributed by atoms with E-state index >= 15 is 0 Å². The minimum absolute atomic E-state index is 0.0961. The van der Waals surface area contributed by atoms with Gasteiger partial charge in [-0.2, -0.15) is 0 Å². The number of fused-ring (bicyclic) bond motifs is 1. The van der Waals surface area contributed by atoms with Gasteiger partial charge < -0.3 is 9.47 Å². The molecule has 2 aliphatic rings. The van der Waals surface area contributed by atoms with Gasteiger partial charge >= 0.3 is 0 Å². The van der Waals surface area contributed by atoms with Crippen molar-refractivity contribution in [3.8, 4) is 0 Å². The van der Waals surface area contributed by atoms with E-state index < -0.39 is 0 Å². The van der Waals surface area contributed by atoms with Gasteiger partial charge in [0.05, 0.1) is 12.6 Å². The minimum Gasteiger partial charge on any atom is -0.334 e. The van der Waals surface area contributed by atoms with Gasteiger partial charge in [-0.05, 0) is 31.0 Å². The Hall–Kier alpha value is -1.92. The Morgan fingerprint density at radius 3 is 2.85 bits per heavy atom. The summed E-state index contributed by atoms with van der Waals surface area (Å²) >= 11 is 6.38. The molecule has 138 valence electrons. The number of hydrogen-bond acceptors (Lipinski definition) is 4. The fourth-order valence-electron chi connectivity index (χ4n) is 4.01. The van der Waals surface area contributed by atoms with Gasteiger partial charge in [0.2, 0.25) is 5.91 Å². The van der Waals surface area contributed by atoms with Crippen LogP contribution in [0.1, 0.15) is 49.4 Å². The first-order valence-corrected chi connectivity index (χ1v) is 9.66. The lowest BCUT2D eigenvalue weighted by molar-refractivity contribution is -0.130. The van der Waals surface area contributed by atoms with E-state index in [0.717, 1.165) is 54.8 Å². The highest BCUT2D eigenvalue weighted by molar-refractivity contribution is 6.31. The third-order valence-electron chi connectivity index (χ3n) is 5.47. The van der Waals surface area contributed by atoms with Crippen LogP contribution in [0, 0.1) is 0 Å². The van der Waals surface area contributed by atoms with Gasteiger partial charge in [-0.3, -0.25) is 9.69 Å². The molecule has 7 heteroatoms. The molecule has 1 amide bonds. The van der Waals surface area contributed by atoms with Gasteiger partial charge in [-0.1, -0.05) is 36.2 Å². The molecule has 1 atom stereocenters. The molecule has 2 aromatic rings. The second kappa shape index (κ2) is 7.37. The number of carbonyl (C=O) groups is 1. The largest absolute Gasteiger partial charge is 0.334 e. The van der Waals surface area contributed by atoms with Crippen molar-refractivity contribution in [2.75, 3.05) is 13.1 Å². The van der Waals surface area contributed by atoms with E-state index in [1.54, 1.807) is 6.92 Å². The minimum atomic E-state index is 0.0961. The first kappa shape index (κ1) is 17.5. The predicted octanol–water partition coefficient (Wildman–Crippen LogP) is 3.02. The van der Waals surface area contributed by atoms with Crippen LogP contribution in [0.15, 0.2) is 24.3 Å². The second-order valence-corrected chi connectivity index (χ2v) is 7.55. The number of halogens is 1. The number of carbonyl (C=O) groups excluding carboxylic acids is 1. The van der Waals surface area contributed by atoms with E-state index in [-0.39, 0.29) is 11.9 Å². The maximum absolute atomic E-state index is 11.7. The Labute approximate surface area is 158 Å². The number of rotatable bonds is 3. The number of benzene rings is 1. The smallest absolute Gasteiger partial charge is 0.219 e. The number of piperidine rings is 1. The normalized spacial score (nSPS) is 20.8. The molecule has 1 unspecified atom stereocenters. The van der Waals surface area contributed by atoms with Crippen LogP contribution in [0.25, 0.3) is 0 Å². The summed E-state index contributed by atoms with van der Waals surface area (Å²) in [5, 5.41) is 9.74. The Balaban J connectivity index is 1.58. The summed E-state index contributed by atoms with van der Waals surface area (Å²) in [6.07, 6.45) is 3.48. The predicted molar refractivity (Wildman–Crippen MR) is 99.6 cm³/mol. The van der Waals surface area contributed by atoms with Crippen LogP contribution < -0.4 is 0 Å². The van der Waals surface area contributed by atoms with Crippen molar-refractivity contribution in [3.63, 3.8) is 0 Å². The van der Waals surface area contributed by atoms with Crippen molar-refractivity contribution in [1.82, 2.24) is 24.6 Å². The zero-order valence-corrected chi connectivity index (χ0v) is 15.8. The molecule has 2 aliphatic heterocycles. The van der Waals surface area contributed by atoms with Crippen LogP contribution in [0.2, 0.25) is 5.02 Å². The zero-order valence-electron chi connectivity index (χ0n) is 15.1. The lowest BCUT2D eigenvalue weighted by Gasteiger charge is -2.36. The molecular formula is C19H24ClN5O. The Morgan fingerprint density at radius 2 is 2.04 bits per heavy atom. The SMILES string of the molecule is CC(=O)N1CCn2c(nnc2C2CCCCN2Cc2ccccc2Cl)C1. The summed E-state index contributed by atoms with van der Waals surface area (Å²) in [6.45, 7) is 5.53. The Bertz CT molecular complexity index is 805. The fourth-order valence-corrected chi connectivity index (χ4v) is 4.21. The van der Waals surface area contributed by atoms with Crippen LogP contribution in [-0.4, -0.2) is 43.6 Å². The number of likely N-dealkylation sites (tertiary alicyclic amines) is 1. The molecule has 0 N–H and O–H groups in total. The van der Waals surface area contributed by atoms with Crippen LogP contribution in [0.3, 0.4) is 0 Å². The van der Waals surface area contributed by atoms with Gasteiger partial charge in [0.1, 0.15) is 0 Å². The molecule has 0 aliphatic carbocycles. The molecule has 3 heterocycles. The van der Waals surface area contributed by atoms with E-state index in [2.05, 4.69) is 25.7 Å². The first-order valence-electron chi connectivity index (χ1n) is 9.28. The molecule has 1 saturated heterocycles. The van der Waals surface area contributed by atoms with Crippen molar-refractivity contribution >= 4 is 17.5 Å². The maximum Gasteiger partial charge on any atom is 0.219 e. The van der Waals surface area contributed by atoms with Gasteiger partial charge in [0.15, 0.2) is 11.6 Å². The van der Waals surface area contributed by atoms with E-state index in [4.69, 9.17) is 11.6 Å². The molecule has 26 heavy (non-hydrogen) atoms. The van der Waals surface area contributed by atoms with E-state index in [1.165, 1.54) is 12.8 Å². The van der Waals surface area contributed by atoms with Crippen molar-refractivity contribution in [2.45, 2.75) is 51.9 Å². The summed E-state index contributed by atoms with van der Waals surface area (Å²) in [4.78, 5) is 16.0. The first-order chi connectivity index (χ1) is 12.6. The Morgan fingerprint density at radius 1 is 1.19 bits per heavy atom. The van der Waals surface area contributed by atoms with E-state index in [0.29, 0.717) is 6.54 Å². The highest BCUT2D eigenvalue weighted by Gasteiger charge is 2.31. The van der Waals surface area contributed by atoms with Crippen molar-refractivity contribution in [3.05, 3.63) is 46.5 Å². The van der Waals surface area contributed by atoms with Crippen LogP contribution in [0.4, 0.5) is 0 Å². The molecule has 4 rings (SSSR count). The average Bonchev–Trinajstić information content (AvgIpc) is 3.07. The molecule has 0 saturated carbocycles. The number of hydrogen-bond donors (Lipinski definition) is 0. The average molecular weight is 374 g/mol. The Kier molecular flexibility index (Phi) is 4.96. The topological polar surface area (TPSA) is 54.3 Å². The summed E-state index contributed by atoms with van der Waals surface area (Å²) in [7, 11) is 0. The van der Waals surface area contributed by atoms with Crippen LogP contribution in [-0.2, 0) is 24.4 Å². The molecule has 0 radical (unpaired) electrons. The molecule has 0 bridgehead atoms. The second-order valence-electron chi connectivity index (χ2n) is 7.14. The molecule has 1 aromatic heterocycles. The summed E-state index contributed by atoms with van der Waals surface area (Å²) < 4.78 is 2.22. The monoisotopic (exact) mass is 373 g/mol. The van der Waals surface area contributed by atoms with E-state index in [1.807, 2.05) is 23.1 Å². The van der Waals surface area contributed by atoms with Crippen molar-refractivity contribution < 1.29 is 4.79 Å². The summed E-state index contributed by atoms with van der Waals surface area (Å²) in [5.41, 5.74) is 1.15. The van der Waals surface area contributed by atoms with Gasteiger partial charge in [-0.25, -0.2) is 0 Å². The molecule has 0 spiro atoms. The van der Waals surface area contributed by atoms with Gasteiger partial charge in [0.25, 0.3) is 0 Å². The highest BCUT2D eigenvalue weighted by Crippen LogP contribution is 2.33. The number of amides is 1. The number of aromatic nitrogens is 3. The molecule has 1 aromatic carbocycles. The maximum atomic E-state index is 11.7. The fraction of sp³-hybridized carbons (Fsp3) is 0.526. The summed E-state index contributed by atoms with van der Waals surface area (Å²) in [6, 6.07) is 8.30. The molecule has 6 nitrogen and oxygen atoms in total. The third kappa shape index (κ3) is 3.35. The quantitative estimate of drug-likeness (QED) is 0.829. The molecule has 1 fully saturated rings. The van der Waals surface area contributed by atoms with Gasteiger partial charge in [0, 0.05) is 31.6 Å². The van der Waals surface area contributed by atoms with Crippen molar-refractivity contribution in [2.24, 2.45) is 0 Å². The van der Waals surface area contributed by atoms with E-state index in [9.17, 15) is 4.79 Å². The van der Waals surface area contributed by atoms with Crippen LogP contribution in [0.5, 0.6) is 0 Å². The third-order valence-corrected chi connectivity index (χ3v) is 5.84. The molecular weight excluding hydrogens is 350 g/mol. The number of nitrogens with zero attached hydrogens (tertiary/aromatic N) is 5. The highest BCUT2D eigenvalue weighted by atomic mass is 35.5. The van der Waals surface area contributed by atoms with Crippen molar-refractivity contribution in [1.29, 1.82) is 0 Å². The standard InChI is InChI=1S/C19H24ClN5O/c1-14(26)23-10-11-25-18(13-23)21-22-19(25)17-8-4-5-9-24(17)12-15-6-2-3-7-16(15)20/h2-3,6-7,17H,4-5,8-13H2,1H3. The van der Waals surface area contributed by atoms with Gasteiger partial charge in [-0.15, -0.1) is 10.2 Å². The lowest BCUT2D eigenvalue weighted by atomic mass is 10.00.